The van der Waals surface area contributed by atoms with E-state index in [-0.39, 0.29) is 30.1 Å². The van der Waals surface area contributed by atoms with Crippen LogP contribution >= 0.6 is 0 Å². The average Bonchev–Trinajstić information content (AvgIpc) is 2.47. The van der Waals surface area contributed by atoms with Crippen LogP contribution in [0.25, 0.3) is 0 Å². The van der Waals surface area contributed by atoms with E-state index in [0.717, 1.165) is 6.42 Å². The number of amides is 2. The molecule has 1 aromatic carbocycles. The average molecular weight is 324 g/mol. The lowest BCUT2D eigenvalue weighted by Crippen LogP contribution is -2.53. The van der Waals surface area contributed by atoms with E-state index >= 15 is 0 Å². The molecule has 0 aromatic heterocycles. The van der Waals surface area contributed by atoms with Crippen LogP contribution in [0, 0.1) is 0 Å². The van der Waals surface area contributed by atoms with Crippen LogP contribution in [0.5, 0.6) is 0 Å². The second-order valence-electron chi connectivity index (χ2n) is 5.99. The fraction of sp³-hybridized carbons (Fsp3) is 0.562. The Bertz CT molecular complexity index is 601. The largest absolute Gasteiger partial charge is 0.338 e. The van der Waals surface area contributed by atoms with Gasteiger partial charge in [0.15, 0.2) is 9.84 Å². The summed E-state index contributed by atoms with van der Waals surface area (Å²) in [6.07, 6.45) is 0.857. The fourth-order valence-electron chi connectivity index (χ4n) is 2.75. The first kappa shape index (κ1) is 16.8. The Morgan fingerprint density at radius 1 is 1.36 bits per heavy atom. The zero-order valence-corrected chi connectivity index (χ0v) is 14.0. The van der Waals surface area contributed by atoms with E-state index in [4.69, 9.17) is 0 Å². The van der Waals surface area contributed by atoms with Gasteiger partial charge in [0, 0.05) is 19.1 Å². The molecule has 2 atom stereocenters. The first-order chi connectivity index (χ1) is 10.4. The van der Waals surface area contributed by atoms with Crippen molar-refractivity contribution in [3.05, 3.63) is 35.9 Å². The van der Waals surface area contributed by atoms with Crippen molar-refractivity contribution >= 4 is 15.9 Å². The Morgan fingerprint density at radius 3 is 2.68 bits per heavy atom. The quantitative estimate of drug-likeness (QED) is 0.921. The van der Waals surface area contributed by atoms with Gasteiger partial charge in [0.25, 0.3) is 0 Å². The zero-order chi connectivity index (χ0) is 16.2. The van der Waals surface area contributed by atoms with Crippen molar-refractivity contribution in [3.63, 3.8) is 0 Å². The van der Waals surface area contributed by atoms with Gasteiger partial charge < -0.3 is 10.2 Å². The second kappa shape index (κ2) is 7.13. The van der Waals surface area contributed by atoms with Crippen molar-refractivity contribution in [2.45, 2.75) is 32.2 Å². The molecule has 2 amide bonds. The highest BCUT2D eigenvalue weighted by Crippen LogP contribution is 2.17. The minimum Gasteiger partial charge on any atom is -0.338 e. The van der Waals surface area contributed by atoms with Gasteiger partial charge in [-0.25, -0.2) is 13.2 Å². The lowest BCUT2D eigenvalue weighted by molar-refractivity contribution is 0.185. The molecule has 0 unspecified atom stereocenters. The highest BCUT2D eigenvalue weighted by molar-refractivity contribution is 7.91. The number of benzene rings is 1. The normalized spacial score (nSPS) is 22.1. The number of sulfone groups is 1. The van der Waals surface area contributed by atoms with Crippen LogP contribution in [0.4, 0.5) is 4.79 Å². The maximum atomic E-state index is 12.2. The number of nitrogens with zero attached hydrogens (tertiary/aromatic N) is 1. The number of carbonyl (C=O) groups is 1. The predicted molar refractivity (Wildman–Crippen MR) is 87.7 cm³/mol. The smallest absolute Gasteiger partial charge is 0.317 e. The van der Waals surface area contributed by atoms with Gasteiger partial charge in [-0.1, -0.05) is 37.3 Å². The molecule has 22 heavy (non-hydrogen) atoms. The van der Waals surface area contributed by atoms with Crippen LogP contribution in [0.15, 0.2) is 30.3 Å². The molecule has 1 fully saturated rings. The Kier molecular flexibility index (Phi) is 5.45. The molecule has 0 saturated carbocycles. The van der Waals surface area contributed by atoms with E-state index in [2.05, 4.69) is 24.4 Å². The zero-order valence-electron chi connectivity index (χ0n) is 13.2. The van der Waals surface area contributed by atoms with Crippen LogP contribution in [0.2, 0.25) is 0 Å². The van der Waals surface area contributed by atoms with E-state index in [0.29, 0.717) is 12.5 Å². The third-order valence-corrected chi connectivity index (χ3v) is 5.95. The van der Waals surface area contributed by atoms with Crippen LogP contribution in [0.1, 0.15) is 31.7 Å². The minimum atomic E-state index is -2.99. The summed E-state index contributed by atoms with van der Waals surface area (Å²) in [6, 6.07) is 9.77. The minimum absolute atomic E-state index is 0.0564. The van der Waals surface area contributed by atoms with Gasteiger partial charge in [0.1, 0.15) is 0 Å². The van der Waals surface area contributed by atoms with Gasteiger partial charge in [-0.05, 0) is 24.8 Å². The third kappa shape index (κ3) is 4.47. The van der Waals surface area contributed by atoms with Crippen LogP contribution in [-0.2, 0) is 9.84 Å². The molecule has 1 aliphatic rings. The molecular formula is C16H24N2O3S. The molecule has 1 aromatic rings. The molecule has 1 heterocycles. The highest BCUT2D eigenvalue weighted by Gasteiger charge is 2.30. The lowest BCUT2D eigenvalue weighted by atomic mass is 9.98. The van der Waals surface area contributed by atoms with Crippen LogP contribution < -0.4 is 5.32 Å². The SMILES string of the molecule is C[C@H](CCNC(=O)N1CCS(=O)(=O)C[C@@H]1C)c1ccccc1. The van der Waals surface area contributed by atoms with Crippen molar-refractivity contribution in [1.82, 2.24) is 10.2 Å². The number of urea groups is 1. The van der Waals surface area contributed by atoms with E-state index in [9.17, 15) is 13.2 Å². The van der Waals surface area contributed by atoms with E-state index in [1.54, 1.807) is 11.8 Å². The maximum absolute atomic E-state index is 12.2. The Morgan fingerprint density at radius 2 is 2.05 bits per heavy atom. The topological polar surface area (TPSA) is 66.5 Å². The monoisotopic (exact) mass is 324 g/mol. The molecule has 1 saturated heterocycles. The molecule has 1 N–H and O–H groups in total. The van der Waals surface area contributed by atoms with E-state index in [1.165, 1.54) is 5.56 Å². The Labute approximate surface area is 132 Å². The highest BCUT2D eigenvalue weighted by atomic mass is 32.2. The molecule has 0 spiro atoms. The lowest BCUT2D eigenvalue weighted by Gasteiger charge is -2.33. The van der Waals surface area contributed by atoms with Crippen molar-refractivity contribution in [2.24, 2.45) is 0 Å². The summed E-state index contributed by atoms with van der Waals surface area (Å²) >= 11 is 0. The van der Waals surface area contributed by atoms with Crippen LogP contribution in [-0.4, -0.2) is 50.0 Å². The molecule has 5 nitrogen and oxygen atoms in total. The Hall–Kier alpha value is -1.56. The number of hydrogen-bond donors (Lipinski definition) is 1. The van der Waals surface area contributed by atoms with Gasteiger partial charge in [-0.2, -0.15) is 0 Å². The summed E-state index contributed by atoms with van der Waals surface area (Å²) < 4.78 is 23.1. The molecule has 0 radical (unpaired) electrons. The third-order valence-electron chi connectivity index (χ3n) is 4.15. The molecular weight excluding hydrogens is 300 g/mol. The molecule has 6 heteroatoms. The van der Waals surface area contributed by atoms with Gasteiger partial charge in [0.05, 0.1) is 11.5 Å². The van der Waals surface area contributed by atoms with Crippen molar-refractivity contribution in [2.75, 3.05) is 24.6 Å². The molecule has 1 aliphatic heterocycles. The summed E-state index contributed by atoms with van der Waals surface area (Å²) in [7, 11) is -2.99. The standard InChI is InChI=1S/C16H24N2O3S/c1-13(15-6-4-3-5-7-15)8-9-17-16(19)18-10-11-22(20,21)12-14(18)2/h3-7,13-14H,8-12H2,1-2H3,(H,17,19)/t13-,14+/m1/s1. The molecule has 2 rings (SSSR count). The van der Waals surface area contributed by atoms with Crippen molar-refractivity contribution in [3.8, 4) is 0 Å². The van der Waals surface area contributed by atoms with E-state index in [1.807, 2.05) is 18.2 Å². The van der Waals surface area contributed by atoms with Crippen molar-refractivity contribution in [1.29, 1.82) is 0 Å². The van der Waals surface area contributed by atoms with Gasteiger partial charge in [0.2, 0.25) is 0 Å². The number of nitrogens with one attached hydrogen (secondary N) is 1. The van der Waals surface area contributed by atoms with Gasteiger partial charge in [-0.15, -0.1) is 0 Å². The summed E-state index contributed by atoms with van der Waals surface area (Å²) in [6.45, 7) is 4.79. The first-order valence-electron chi connectivity index (χ1n) is 7.69. The number of rotatable bonds is 4. The summed E-state index contributed by atoms with van der Waals surface area (Å²) in [5.74, 6) is 0.493. The Balaban J connectivity index is 1.79. The molecule has 122 valence electrons. The summed E-state index contributed by atoms with van der Waals surface area (Å²) in [4.78, 5) is 13.8. The number of hydrogen-bond acceptors (Lipinski definition) is 3. The number of carbonyl (C=O) groups excluding carboxylic acids is 1. The summed E-state index contributed by atoms with van der Waals surface area (Å²) in [5.41, 5.74) is 1.26. The van der Waals surface area contributed by atoms with E-state index < -0.39 is 9.84 Å². The van der Waals surface area contributed by atoms with Gasteiger partial charge in [-0.3, -0.25) is 0 Å². The van der Waals surface area contributed by atoms with Crippen LogP contribution in [0.3, 0.4) is 0 Å². The summed E-state index contributed by atoms with van der Waals surface area (Å²) in [5, 5.41) is 2.90. The predicted octanol–water partition coefficient (Wildman–Crippen LogP) is 2.01. The maximum Gasteiger partial charge on any atom is 0.317 e. The van der Waals surface area contributed by atoms with Gasteiger partial charge >= 0.3 is 6.03 Å². The van der Waals surface area contributed by atoms with Crippen molar-refractivity contribution < 1.29 is 13.2 Å². The second-order valence-corrected chi connectivity index (χ2v) is 8.22. The molecule has 0 bridgehead atoms. The first-order valence-corrected chi connectivity index (χ1v) is 9.51. The fourth-order valence-corrected chi connectivity index (χ4v) is 4.30. The molecule has 0 aliphatic carbocycles.